The van der Waals surface area contributed by atoms with E-state index in [-0.39, 0.29) is 0 Å². The van der Waals surface area contributed by atoms with Crippen molar-refractivity contribution < 1.29 is 9.53 Å². The number of hydrogen-bond donors (Lipinski definition) is 1. The van der Waals surface area contributed by atoms with E-state index in [1.807, 2.05) is 13.8 Å². The van der Waals surface area contributed by atoms with E-state index in [2.05, 4.69) is 5.43 Å². The van der Waals surface area contributed by atoms with Crippen LogP contribution in [0.3, 0.4) is 0 Å². The lowest BCUT2D eigenvalue weighted by Gasteiger charge is -2.18. The molecule has 0 saturated heterocycles. The zero-order valence-electron chi connectivity index (χ0n) is 9.67. The molecule has 0 heterocycles. The Hall–Kier alpha value is -0.970. The fourth-order valence-electron chi connectivity index (χ4n) is 1.18. The summed E-state index contributed by atoms with van der Waals surface area (Å²) in [6.45, 7) is 5.27. The quantitative estimate of drug-likeness (QED) is 0.858. The van der Waals surface area contributed by atoms with Crippen LogP contribution < -0.4 is 10.2 Å². The van der Waals surface area contributed by atoms with Gasteiger partial charge in [-0.3, -0.25) is 5.43 Å². The smallest absolute Gasteiger partial charge is 0.409 e. The van der Waals surface area contributed by atoms with Gasteiger partial charge in [0.1, 0.15) is 5.75 Å². The van der Waals surface area contributed by atoms with Crippen molar-refractivity contribution >= 4 is 29.3 Å². The molecule has 1 amide bonds. The molecule has 1 aromatic rings. The first-order chi connectivity index (χ1) is 8.06. The Morgan fingerprint density at radius 2 is 1.94 bits per heavy atom. The van der Waals surface area contributed by atoms with E-state index >= 15 is 0 Å². The minimum absolute atomic E-state index is 0.347. The summed E-state index contributed by atoms with van der Waals surface area (Å²) in [5.74, 6) is 0.351. The van der Waals surface area contributed by atoms with E-state index in [1.54, 1.807) is 17.1 Å². The molecule has 0 aliphatic carbocycles. The number of amides is 1. The van der Waals surface area contributed by atoms with Crippen LogP contribution in [0.4, 0.5) is 4.79 Å². The summed E-state index contributed by atoms with van der Waals surface area (Å²) in [6.07, 6.45) is -0.549. The molecular weight excluding hydrogens is 263 g/mol. The maximum absolute atomic E-state index is 11.5. The van der Waals surface area contributed by atoms with Gasteiger partial charge >= 0.3 is 6.09 Å². The van der Waals surface area contributed by atoms with Crippen LogP contribution in [0.15, 0.2) is 18.2 Å². The van der Waals surface area contributed by atoms with Crippen molar-refractivity contribution in [3.05, 3.63) is 28.2 Å². The van der Waals surface area contributed by atoms with Gasteiger partial charge in [0.2, 0.25) is 0 Å². The topological polar surface area (TPSA) is 41.6 Å². The highest BCUT2D eigenvalue weighted by Crippen LogP contribution is 2.26. The van der Waals surface area contributed by atoms with Gasteiger partial charge in [-0.2, -0.15) is 0 Å². The molecule has 4 nitrogen and oxygen atoms in total. The molecule has 0 radical (unpaired) electrons. The molecule has 1 rings (SSSR count). The predicted molar refractivity (Wildman–Crippen MR) is 68.5 cm³/mol. The Morgan fingerprint density at radius 3 is 2.47 bits per heavy atom. The Balaban J connectivity index is 2.58. The van der Waals surface area contributed by atoms with Gasteiger partial charge in [0, 0.05) is 19.2 Å². The first kappa shape index (κ1) is 14.1. The van der Waals surface area contributed by atoms with E-state index in [0.29, 0.717) is 28.9 Å². The second-order valence-corrected chi connectivity index (χ2v) is 4.06. The van der Waals surface area contributed by atoms with Crippen molar-refractivity contribution in [2.45, 2.75) is 13.8 Å². The summed E-state index contributed by atoms with van der Waals surface area (Å²) in [5.41, 5.74) is 2.60. The highest BCUT2D eigenvalue weighted by atomic mass is 35.5. The van der Waals surface area contributed by atoms with Crippen LogP contribution in [0.1, 0.15) is 13.8 Å². The maximum Gasteiger partial charge on any atom is 0.427 e. The molecule has 0 aliphatic rings. The second kappa shape index (κ2) is 6.69. The van der Waals surface area contributed by atoms with Gasteiger partial charge in [0.15, 0.2) is 0 Å². The molecule has 0 fully saturated rings. The monoisotopic (exact) mass is 276 g/mol. The van der Waals surface area contributed by atoms with Crippen LogP contribution in [-0.4, -0.2) is 24.2 Å². The summed E-state index contributed by atoms with van der Waals surface area (Å²) < 4.78 is 5.05. The Morgan fingerprint density at radius 1 is 1.29 bits per heavy atom. The van der Waals surface area contributed by atoms with Gasteiger partial charge in [-0.05, 0) is 12.1 Å². The van der Waals surface area contributed by atoms with Gasteiger partial charge in [-0.1, -0.05) is 37.0 Å². The van der Waals surface area contributed by atoms with Crippen LogP contribution in [0.2, 0.25) is 10.0 Å². The molecule has 0 unspecified atom stereocenters. The third kappa shape index (κ3) is 4.42. The fourth-order valence-corrected chi connectivity index (χ4v) is 1.47. The number of carbonyl (C=O) groups is 1. The molecule has 1 aromatic carbocycles. The third-order valence-electron chi connectivity index (χ3n) is 2.11. The fraction of sp³-hybridized carbons (Fsp3) is 0.364. The van der Waals surface area contributed by atoms with Crippen molar-refractivity contribution in [2.24, 2.45) is 0 Å². The lowest BCUT2D eigenvalue weighted by molar-refractivity contribution is 0.151. The molecule has 94 valence electrons. The number of nitrogens with one attached hydrogen (secondary N) is 1. The van der Waals surface area contributed by atoms with Gasteiger partial charge in [-0.25, -0.2) is 9.80 Å². The van der Waals surface area contributed by atoms with E-state index in [9.17, 15) is 4.79 Å². The molecule has 0 bridgehead atoms. The number of hydrazine groups is 1. The summed E-state index contributed by atoms with van der Waals surface area (Å²) >= 11 is 11.6. The van der Waals surface area contributed by atoms with Crippen LogP contribution in [0.5, 0.6) is 5.75 Å². The van der Waals surface area contributed by atoms with Crippen LogP contribution in [0.25, 0.3) is 0 Å². The average molecular weight is 277 g/mol. The van der Waals surface area contributed by atoms with Crippen molar-refractivity contribution in [2.75, 3.05) is 13.1 Å². The number of nitrogens with zero attached hydrogens (tertiary/aromatic N) is 1. The summed E-state index contributed by atoms with van der Waals surface area (Å²) in [4.78, 5) is 11.5. The second-order valence-electron chi connectivity index (χ2n) is 3.25. The first-order valence-electron chi connectivity index (χ1n) is 5.25. The minimum atomic E-state index is -0.549. The van der Waals surface area contributed by atoms with Crippen molar-refractivity contribution in [3.8, 4) is 5.75 Å². The molecule has 0 saturated carbocycles. The number of carbonyl (C=O) groups excluding carboxylic acids is 1. The highest BCUT2D eigenvalue weighted by molar-refractivity contribution is 6.42. The number of halogens is 2. The average Bonchev–Trinajstić information content (AvgIpc) is 2.31. The van der Waals surface area contributed by atoms with Crippen LogP contribution in [0, 0.1) is 0 Å². The molecule has 0 spiro atoms. The molecule has 0 atom stereocenters. The van der Waals surface area contributed by atoms with E-state index < -0.39 is 6.09 Å². The van der Waals surface area contributed by atoms with Crippen molar-refractivity contribution in [1.29, 1.82) is 0 Å². The standard InChI is InChI=1S/C11H14Cl2N2O2/c1-3-15(4-2)14-11(16)17-8-5-6-9(12)10(13)7-8/h5-7H,3-4H2,1-2H3,(H,14,16). The van der Waals surface area contributed by atoms with E-state index in [0.717, 1.165) is 0 Å². The lowest BCUT2D eigenvalue weighted by Crippen LogP contribution is -2.43. The first-order valence-corrected chi connectivity index (χ1v) is 6.00. The largest absolute Gasteiger partial charge is 0.427 e. The third-order valence-corrected chi connectivity index (χ3v) is 2.85. The zero-order chi connectivity index (χ0) is 12.8. The van der Waals surface area contributed by atoms with Gasteiger partial charge in [-0.15, -0.1) is 0 Å². The zero-order valence-corrected chi connectivity index (χ0v) is 11.2. The number of benzene rings is 1. The maximum atomic E-state index is 11.5. The summed E-state index contributed by atoms with van der Waals surface area (Å²) in [5, 5.41) is 2.49. The molecule has 0 aromatic heterocycles. The van der Waals surface area contributed by atoms with Crippen molar-refractivity contribution in [1.82, 2.24) is 10.4 Å². The van der Waals surface area contributed by atoms with E-state index in [4.69, 9.17) is 27.9 Å². The molecule has 6 heteroatoms. The highest BCUT2D eigenvalue weighted by Gasteiger charge is 2.09. The normalized spacial score (nSPS) is 10.4. The molecule has 1 N–H and O–H groups in total. The van der Waals surface area contributed by atoms with E-state index in [1.165, 1.54) is 6.07 Å². The summed E-state index contributed by atoms with van der Waals surface area (Å²) in [7, 11) is 0. The van der Waals surface area contributed by atoms with Crippen molar-refractivity contribution in [3.63, 3.8) is 0 Å². The summed E-state index contributed by atoms with van der Waals surface area (Å²) in [6, 6.07) is 4.64. The number of rotatable bonds is 4. The molecule has 17 heavy (non-hydrogen) atoms. The Labute approximate surface area is 110 Å². The Kier molecular flexibility index (Phi) is 5.55. The SMILES string of the molecule is CCN(CC)NC(=O)Oc1ccc(Cl)c(Cl)c1. The van der Waals surface area contributed by atoms with Crippen LogP contribution in [-0.2, 0) is 0 Å². The van der Waals surface area contributed by atoms with Crippen LogP contribution >= 0.6 is 23.2 Å². The Bertz CT molecular complexity index is 395. The minimum Gasteiger partial charge on any atom is -0.409 e. The number of ether oxygens (including phenoxy) is 1. The molecule has 0 aliphatic heterocycles. The number of hydrogen-bond acceptors (Lipinski definition) is 3. The lowest BCUT2D eigenvalue weighted by atomic mass is 10.3. The van der Waals surface area contributed by atoms with Gasteiger partial charge < -0.3 is 4.74 Å². The molecular formula is C11H14Cl2N2O2. The van der Waals surface area contributed by atoms with Gasteiger partial charge in [0.25, 0.3) is 0 Å². The van der Waals surface area contributed by atoms with Gasteiger partial charge in [0.05, 0.1) is 10.0 Å². The predicted octanol–water partition coefficient (Wildman–Crippen LogP) is 3.34.